The first kappa shape index (κ1) is 10.5. The lowest BCUT2D eigenvalue weighted by atomic mass is 9.91. The molecular formula is C10H19NO2. The van der Waals surface area contributed by atoms with Gasteiger partial charge >= 0.3 is 5.97 Å². The average Bonchev–Trinajstić information content (AvgIpc) is 1.92. The van der Waals surface area contributed by atoms with Crippen molar-refractivity contribution in [3.63, 3.8) is 0 Å². The van der Waals surface area contributed by atoms with Gasteiger partial charge in [0.2, 0.25) is 0 Å². The molecule has 76 valence electrons. The van der Waals surface area contributed by atoms with E-state index >= 15 is 0 Å². The normalized spacial score (nSPS) is 19.9. The SMILES string of the molecule is CC(C)CC(NC1CCC1)C(=O)O. The van der Waals surface area contributed by atoms with Crippen LogP contribution in [0, 0.1) is 5.92 Å². The van der Waals surface area contributed by atoms with E-state index in [0.717, 1.165) is 19.3 Å². The van der Waals surface area contributed by atoms with Gasteiger partial charge in [-0.05, 0) is 25.2 Å². The summed E-state index contributed by atoms with van der Waals surface area (Å²) in [6.45, 7) is 4.11. The maximum absolute atomic E-state index is 10.8. The van der Waals surface area contributed by atoms with E-state index in [1.54, 1.807) is 0 Å². The molecule has 0 aliphatic heterocycles. The summed E-state index contributed by atoms with van der Waals surface area (Å²) in [5, 5.41) is 12.1. The molecule has 3 heteroatoms. The van der Waals surface area contributed by atoms with Crippen molar-refractivity contribution in [1.29, 1.82) is 0 Å². The van der Waals surface area contributed by atoms with Crippen LogP contribution in [0.25, 0.3) is 0 Å². The van der Waals surface area contributed by atoms with Crippen molar-refractivity contribution in [2.24, 2.45) is 5.92 Å². The Kier molecular flexibility index (Phi) is 3.72. The minimum Gasteiger partial charge on any atom is -0.480 e. The number of carbonyl (C=O) groups is 1. The van der Waals surface area contributed by atoms with Crippen molar-refractivity contribution in [3.8, 4) is 0 Å². The molecule has 0 aromatic carbocycles. The van der Waals surface area contributed by atoms with Crippen LogP contribution in [0.5, 0.6) is 0 Å². The van der Waals surface area contributed by atoms with Gasteiger partial charge in [0.05, 0.1) is 0 Å². The fourth-order valence-electron chi connectivity index (χ4n) is 1.57. The summed E-state index contributed by atoms with van der Waals surface area (Å²) in [7, 11) is 0. The van der Waals surface area contributed by atoms with E-state index < -0.39 is 5.97 Å². The summed E-state index contributed by atoms with van der Waals surface area (Å²) in [4.78, 5) is 10.8. The summed E-state index contributed by atoms with van der Waals surface area (Å²) in [6, 6.07) is 0.116. The molecule has 1 saturated carbocycles. The third-order valence-corrected chi connectivity index (χ3v) is 2.55. The molecule has 2 N–H and O–H groups in total. The average molecular weight is 185 g/mol. The van der Waals surface area contributed by atoms with E-state index in [2.05, 4.69) is 19.2 Å². The highest BCUT2D eigenvalue weighted by Gasteiger charge is 2.25. The molecule has 0 bridgehead atoms. The Labute approximate surface area is 79.5 Å². The van der Waals surface area contributed by atoms with Gasteiger partial charge in [-0.2, -0.15) is 0 Å². The molecule has 1 atom stereocenters. The monoisotopic (exact) mass is 185 g/mol. The van der Waals surface area contributed by atoms with Crippen LogP contribution in [-0.2, 0) is 4.79 Å². The molecule has 1 aliphatic carbocycles. The number of rotatable bonds is 5. The highest BCUT2D eigenvalue weighted by Crippen LogP contribution is 2.19. The Bertz CT molecular complexity index is 176. The van der Waals surface area contributed by atoms with Gasteiger partial charge in [-0.15, -0.1) is 0 Å². The molecule has 3 nitrogen and oxygen atoms in total. The maximum Gasteiger partial charge on any atom is 0.320 e. The Morgan fingerprint density at radius 2 is 2.15 bits per heavy atom. The van der Waals surface area contributed by atoms with E-state index in [-0.39, 0.29) is 6.04 Å². The molecule has 13 heavy (non-hydrogen) atoms. The molecule has 1 aliphatic rings. The second-order valence-corrected chi connectivity index (χ2v) is 4.31. The van der Waals surface area contributed by atoms with Gasteiger partial charge in [-0.3, -0.25) is 4.79 Å². The van der Waals surface area contributed by atoms with Crippen LogP contribution in [-0.4, -0.2) is 23.2 Å². The van der Waals surface area contributed by atoms with E-state index in [1.165, 1.54) is 6.42 Å². The van der Waals surface area contributed by atoms with Gasteiger partial charge in [0.1, 0.15) is 6.04 Å². The van der Waals surface area contributed by atoms with E-state index in [0.29, 0.717) is 12.0 Å². The predicted molar refractivity (Wildman–Crippen MR) is 51.7 cm³/mol. The topological polar surface area (TPSA) is 49.3 Å². The zero-order valence-corrected chi connectivity index (χ0v) is 8.42. The fraction of sp³-hybridized carbons (Fsp3) is 0.900. The number of carboxylic acid groups (broad SMARTS) is 1. The first-order chi connectivity index (χ1) is 6.09. The number of hydrogen-bond acceptors (Lipinski definition) is 2. The third-order valence-electron chi connectivity index (χ3n) is 2.55. The van der Waals surface area contributed by atoms with Crippen molar-refractivity contribution in [2.45, 2.75) is 51.6 Å². The van der Waals surface area contributed by atoms with Gasteiger partial charge in [0.25, 0.3) is 0 Å². The summed E-state index contributed by atoms with van der Waals surface area (Å²) >= 11 is 0. The largest absolute Gasteiger partial charge is 0.480 e. The van der Waals surface area contributed by atoms with Gasteiger partial charge in [-0.25, -0.2) is 0 Å². The molecule has 0 spiro atoms. The van der Waals surface area contributed by atoms with Crippen LogP contribution in [0.1, 0.15) is 39.5 Å². The third kappa shape index (κ3) is 3.35. The smallest absolute Gasteiger partial charge is 0.320 e. The second kappa shape index (κ2) is 4.61. The van der Waals surface area contributed by atoms with Crippen LogP contribution in [0.2, 0.25) is 0 Å². The molecule has 1 unspecified atom stereocenters. The second-order valence-electron chi connectivity index (χ2n) is 4.31. The Balaban J connectivity index is 2.32. The lowest BCUT2D eigenvalue weighted by Gasteiger charge is -2.30. The molecule has 0 saturated heterocycles. The maximum atomic E-state index is 10.8. The highest BCUT2D eigenvalue weighted by molar-refractivity contribution is 5.73. The van der Waals surface area contributed by atoms with Gasteiger partial charge in [-0.1, -0.05) is 20.3 Å². The zero-order chi connectivity index (χ0) is 9.84. The quantitative estimate of drug-likeness (QED) is 0.684. The van der Waals surface area contributed by atoms with Gasteiger partial charge in [0.15, 0.2) is 0 Å². The Morgan fingerprint density at radius 3 is 2.46 bits per heavy atom. The molecular weight excluding hydrogens is 166 g/mol. The summed E-state index contributed by atoms with van der Waals surface area (Å²) < 4.78 is 0. The number of carboxylic acids is 1. The Hall–Kier alpha value is -0.570. The van der Waals surface area contributed by atoms with Crippen LogP contribution >= 0.6 is 0 Å². The molecule has 1 rings (SSSR count). The summed E-state index contributed by atoms with van der Waals surface area (Å²) in [5.41, 5.74) is 0. The molecule has 0 heterocycles. The minimum absolute atomic E-state index is 0.342. The molecule has 0 radical (unpaired) electrons. The molecule has 0 aromatic heterocycles. The summed E-state index contributed by atoms with van der Waals surface area (Å²) in [5.74, 6) is -0.269. The highest BCUT2D eigenvalue weighted by atomic mass is 16.4. The molecule has 0 aromatic rings. The Morgan fingerprint density at radius 1 is 1.54 bits per heavy atom. The van der Waals surface area contributed by atoms with E-state index in [1.807, 2.05) is 0 Å². The first-order valence-corrected chi connectivity index (χ1v) is 5.08. The van der Waals surface area contributed by atoms with Gasteiger partial charge in [0, 0.05) is 6.04 Å². The molecule has 1 fully saturated rings. The standard InChI is InChI=1S/C10H19NO2/c1-7(2)6-9(10(12)13)11-8-4-3-5-8/h7-9,11H,3-6H2,1-2H3,(H,12,13). The number of aliphatic carboxylic acids is 1. The van der Waals surface area contributed by atoms with Gasteiger partial charge < -0.3 is 10.4 Å². The number of hydrogen-bond donors (Lipinski definition) is 2. The van der Waals surface area contributed by atoms with Crippen LogP contribution < -0.4 is 5.32 Å². The van der Waals surface area contributed by atoms with Crippen molar-refractivity contribution in [1.82, 2.24) is 5.32 Å². The molecule has 0 amide bonds. The zero-order valence-electron chi connectivity index (χ0n) is 8.42. The fourth-order valence-corrected chi connectivity index (χ4v) is 1.57. The van der Waals surface area contributed by atoms with Crippen molar-refractivity contribution < 1.29 is 9.90 Å². The van der Waals surface area contributed by atoms with Crippen molar-refractivity contribution in [3.05, 3.63) is 0 Å². The lowest BCUT2D eigenvalue weighted by Crippen LogP contribution is -2.46. The lowest BCUT2D eigenvalue weighted by molar-refractivity contribution is -0.140. The van der Waals surface area contributed by atoms with E-state index in [4.69, 9.17) is 5.11 Å². The first-order valence-electron chi connectivity index (χ1n) is 5.08. The van der Waals surface area contributed by atoms with Crippen LogP contribution in [0.3, 0.4) is 0 Å². The minimum atomic E-state index is -0.708. The number of nitrogens with one attached hydrogen (secondary N) is 1. The summed E-state index contributed by atoms with van der Waals surface area (Å²) in [6.07, 6.45) is 4.25. The van der Waals surface area contributed by atoms with Crippen LogP contribution in [0.15, 0.2) is 0 Å². The van der Waals surface area contributed by atoms with E-state index in [9.17, 15) is 4.79 Å². The van der Waals surface area contributed by atoms with Crippen LogP contribution in [0.4, 0.5) is 0 Å². The van der Waals surface area contributed by atoms with Crippen molar-refractivity contribution >= 4 is 5.97 Å². The van der Waals surface area contributed by atoms with Crippen molar-refractivity contribution in [2.75, 3.05) is 0 Å². The predicted octanol–water partition coefficient (Wildman–Crippen LogP) is 1.63.